The smallest absolute Gasteiger partial charge is 0.0492 e. The summed E-state index contributed by atoms with van der Waals surface area (Å²) in [6, 6.07) is 12.9. The Bertz CT molecular complexity index is 490. The topological polar surface area (TPSA) is 29.9 Å². The number of nitrogens with one attached hydrogen (secondary N) is 1. The van der Waals surface area contributed by atoms with Crippen molar-refractivity contribution in [1.82, 2.24) is 15.1 Å². The average Bonchev–Trinajstić information content (AvgIpc) is 2.88. The minimum Gasteiger partial charge on any atom is -0.317 e. The zero-order valence-corrected chi connectivity index (χ0v) is 12.5. The Balaban J connectivity index is 1.91. The number of aryl methyl sites for hydroxylation is 2. The molecule has 2 aromatic rings. The van der Waals surface area contributed by atoms with Gasteiger partial charge in [0.2, 0.25) is 0 Å². The van der Waals surface area contributed by atoms with E-state index in [1.165, 1.54) is 17.7 Å². The lowest BCUT2D eigenvalue weighted by Crippen LogP contribution is -2.24. The van der Waals surface area contributed by atoms with E-state index in [1.54, 1.807) is 0 Å². The molecule has 0 spiro atoms. The molecule has 0 saturated heterocycles. The molecule has 0 amide bonds. The lowest BCUT2D eigenvalue weighted by atomic mass is 9.94. The lowest BCUT2D eigenvalue weighted by molar-refractivity contribution is 0.443. The van der Waals surface area contributed by atoms with Gasteiger partial charge >= 0.3 is 0 Å². The van der Waals surface area contributed by atoms with Crippen LogP contribution >= 0.6 is 0 Å². The van der Waals surface area contributed by atoms with E-state index >= 15 is 0 Å². The van der Waals surface area contributed by atoms with Crippen LogP contribution in [0.2, 0.25) is 0 Å². The van der Waals surface area contributed by atoms with E-state index in [9.17, 15) is 0 Å². The summed E-state index contributed by atoms with van der Waals surface area (Å²) >= 11 is 0. The molecule has 2 rings (SSSR count). The van der Waals surface area contributed by atoms with Gasteiger partial charge in [-0.1, -0.05) is 37.3 Å². The van der Waals surface area contributed by atoms with Crippen molar-refractivity contribution in [3.05, 3.63) is 53.9 Å². The molecule has 1 aromatic carbocycles. The van der Waals surface area contributed by atoms with Gasteiger partial charge in [0, 0.05) is 18.9 Å². The van der Waals surface area contributed by atoms with E-state index < -0.39 is 0 Å². The largest absolute Gasteiger partial charge is 0.317 e. The number of rotatable bonds is 8. The van der Waals surface area contributed by atoms with E-state index in [0.29, 0.717) is 5.92 Å². The maximum atomic E-state index is 4.24. The van der Waals surface area contributed by atoms with E-state index in [4.69, 9.17) is 0 Å². The minimum atomic E-state index is 0.673. The number of benzene rings is 1. The van der Waals surface area contributed by atoms with Gasteiger partial charge in [-0.2, -0.15) is 5.10 Å². The van der Waals surface area contributed by atoms with Crippen molar-refractivity contribution in [1.29, 1.82) is 0 Å². The highest BCUT2D eigenvalue weighted by molar-refractivity contribution is 5.15. The van der Waals surface area contributed by atoms with Gasteiger partial charge in [0.25, 0.3) is 0 Å². The fourth-order valence-electron chi connectivity index (χ4n) is 2.57. The predicted molar refractivity (Wildman–Crippen MR) is 83.7 cm³/mol. The summed E-state index contributed by atoms with van der Waals surface area (Å²) in [4.78, 5) is 0. The van der Waals surface area contributed by atoms with Crippen LogP contribution in [0.3, 0.4) is 0 Å². The Morgan fingerprint density at radius 1 is 1.20 bits per heavy atom. The molecule has 3 heteroatoms. The molecule has 1 N–H and O–H groups in total. The summed E-state index contributed by atoms with van der Waals surface area (Å²) in [6.07, 6.45) is 5.32. The van der Waals surface area contributed by atoms with Gasteiger partial charge in [-0.05, 0) is 49.9 Å². The van der Waals surface area contributed by atoms with Crippen molar-refractivity contribution >= 4 is 0 Å². The number of aromatic nitrogens is 2. The molecular weight excluding hydrogens is 246 g/mol. The Morgan fingerprint density at radius 2 is 2.00 bits per heavy atom. The second-order valence-corrected chi connectivity index (χ2v) is 5.35. The van der Waals surface area contributed by atoms with Crippen molar-refractivity contribution in [3.63, 3.8) is 0 Å². The summed E-state index contributed by atoms with van der Waals surface area (Å²) in [5, 5.41) is 7.73. The third-order valence-corrected chi connectivity index (χ3v) is 3.78. The summed E-state index contributed by atoms with van der Waals surface area (Å²) in [5.74, 6) is 0.673. The fourth-order valence-corrected chi connectivity index (χ4v) is 2.57. The number of hydrogen-bond donors (Lipinski definition) is 1. The van der Waals surface area contributed by atoms with Crippen LogP contribution in [0.4, 0.5) is 0 Å². The molecule has 0 saturated carbocycles. The zero-order chi connectivity index (χ0) is 14.2. The second kappa shape index (κ2) is 7.85. The lowest BCUT2D eigenvalue weighted by Gasteiger charge is -2.17. The van der Waals surface area contributed by atoms with Gasteiger partial charge in [0.05, 0.1) is 0 Å². The molecule has 0 radical (unpaired) electrons. The van der Waals surface area contributed by atoms with Crippen LogP contribution in [0.1, 0.15) is 24.6 Å². The highest BCUT2D eigenvalue weighted by Crippen LogP contribution is 2.15. The fraction of sp³-hybridized carbons (Fsp3) is 0.471. The van der Waals surface area contributed by atoms with Crippen LogP contribution in [0.25, 0.3) is 0 Å². The molecule has 0 aliphatic heterocycles. The van der Waals surface area contributed by atoms with E-state index in [1.807, 2.05) is 17.9 Å². The third kappa shape index (κ3) is 4.49. The van der Waals surface area contributed by atoms with Crippen molar-refractivity contribution < 1.29 is 0 Å². The molecular formula is C17H25N3. The Morgan fingerprint density at radius 3 is 2.65 bits per heavy atom. The Hall–Kier alpha value is -1.61. The maximum Gasteiger partial charge on any atom is 0.0492 e. The zero-order valence-electron chi connectivity index (χ0n) is 12.5. The van der Waals surface area contributed by atoms with Crippen molar-refractivity contribution in [3.8, 4) is 0 Å². The Kier molecular flexibility index (Phi) is 5.81. The highest BCUT2D eigenvalue weighted by Gasteiger charge is 2.10. The minimum absolute atomic E-state index is 0.673. The Labute approximate surface area is 122 Å². The van der Waals surface area contributed by atoms with Crippen LogP contribution in [0.5, 0.6) is 0 Å². The molecule has 0 fully saturated rings. The highest BCUT2D eigenvalue weighted by atomic mass is 15.2. The average molecular weight is 271 g/mol. The molecule has 1 unspecified atom stereocenters. The maximum absolute atomic E-state index is 4.24. The SMILES string of the molecule is CCNCC(CCc1ccnn1C)Cc1ccccc1. The van der Waals surface area contributed by atoms with Crippen molar-refractivity contribution in [2.75, 3.05) is 13.1 Å². The van der Waals surface area contributed by atoms with Crippen LogP contribution in [-0.2, 0) is 19.9 Å². The van der Waals surface area contributed by atoms with Gasteiger partial charge in [-0.15, -0.1) is 0 Å². The van der Waals surface area contributed by atoms with E-state index in [-0.39, 0.29) is 0 Å². The molecule has 108 valence electrons. The van der Waals surface area contributed by atoms with Crippen molar-refractivity contribution in [2.24, 2.45) is 13.0 Å². The molecule has 1 atom stereocenters. The molecule has 1 aromatic heterocycles. The van der Waals surface area contributed by atoms with Gasteiger partial charge in [-0.25, -0.2) is 0 Å². The first-order valence-corrected chi connectivity index (χ1v) is 7.51. The summed E-state index contributed by atoms with van der Waals surface area (Å²) in [6.45, 7) is 4.29. The summed E-state index contributed by atoms with van der Waals surface area (Å²) < 4.78 is 1.98. The quantitative estimate of drug-likeness (QED) is 0.800. The van der Waals surface area contributed by atoms with E-state index in [0.717, 1.165) is 25.9 Å². The van der Waals surface area contributed by atoms with Gasteiger partial charge in [0.15, 0.2) is 0 Å². The predicted octanol–water partition coefficient (Wildman–Crippen LogP) is 2.82. The van der Waals surface area contributed by atoms with Crippen LogP contribution in [0.15, 0.2) is 42.6 Å². The van der Waals surface area contributed by atoms with Crippen LogP contribution < -0.4 is 5.32 Å². The summed E-state index contributed by atoms with van der Waals surface area (Å²) in [5.41, 5.74) is 2.75. The summed E-state index contributed by atoms with van der Waals surface area (Å²) in [7, 11) is 2.02. The van der Waals surface area contributed by atoms with Gasteiger partial charge in [0.1, 0.15) is 0 Å². The first kappa shape index (κ1) is 14.8. The second-order valence-electron chi connectivity index (χ2n) is 5.35. The van der Waals surface area contributed by atoms with E-state index in [2.05, 4.69) is 53.7 Å². The molecule has 0 bridgehead atoms. The molecule has 0 aliphatic carbocycles. The third-order valence-electron chi connectivity index (χ3n) is 3.78. The molecule has 1 heterocycles. The number of hydrogen-bond acceptors (Lipinski definition) is 2. The van der Waals surface area contributed by atoms with Crippen LogP contribution in [-0.4, -0.2) is 22.9 Å². The first-order chi connectivity index (χ1) is 9.79. The van der Waals surface area contributed by atoms with Gasteiger partial charge < -0.3 is 5.32 Å². The van der Waals surface area contributed by atoms with Gasteiger partial charge in [-0.3, -0.25) is 4.68 Å². The monoisotopic (exact) mass is 271 g/mol. The molecule has 0 aliphatic rings. The molecule has 20 heavy (non-hydrogen) atoms. The molecule has 3 nitrogen and oxygen atoms in total. The first-order valence-electron chi connectivity index (χ1n) is 7.51. The van der Waals surface area contributed by atoms with Crippen molar-refractivity contribution in [2.45, 2.75) is 26.2 Å². The standard InChI is InChI=1S/C17H25N3/c1-3-18-14-16(13-15-7-5-4-6-8-15)9-10-17-11-12-19-20(17)2/h4-8,11-12,16,18H,3,9-10,13-14H2,1-2H3. The normalized spacial score (nSPS) is 12.5. The van der Waals surface area contributed by atoms with Crippen LogP contribution in [0, 0.1) is 5.92 Å². The number of nitrogens with zero attached hydrogens (tertiary/aromatic N) is 2.